The van der Waals surface area contributed by atoms with Gasteiger partial charge in [0.15, 0.2) is 5.78 Å². The Morgan fingerprint density at radius 2 is 2.05 bits per heavy atom. The Morgan fingerprint density at radius 1 is 1.33 bits per heavy atom. The number of hydrogen-bond donors (Lipinski definition) is 2. The zero-order valence-electron chi connectivity index (χ0n) is 12.0. The summed E-state index contributed by atoms with van der Waals surface area (Å²) in [5.41, 5.74) is 7.88. The molecular weight excluding hydrogens is 286 g/mol. The first-order chi connectivity index (χ1) is 9.97. The smallest absolute Gasteiger partial charge is 0.259 e. The molecular formula is C16H17NO3S. The van der Waals surface area contributed by atoms with Crippen LogP contribution in [0, 0.1) is 0 Å². The zero-order chi connectivity index (χ0) is 15.6. The number of phenols is 1. The van der Waals surface area contributed by atoms with Crippen LogP contribution in [0.5, 0.6) is 5.75 Å². The predicted octanol–water partition coefficient (Wildman–Crippen LogP) is 3.37. The first kappa shape index (κ1) is 15.3. The topological polar surface area (TPSA) is 80.4 Å². The minimum Gasteiger partial charge on any atom is -0.508 e. The number of hydrogen-bond acceptors (Lipinski definition) is 4. The molecule has 1 aromatic heterocycles. The highest BCUT2D eigenvalue weighted by atomic mass is 32.1. The van der Waals surface area contributed by atoms with Crippen molar-refractivity contribution >= 4 is 23.0 Å². The van der Waals surface area contributed by atoms with Gasteiger partial charge >= 0.3 is 0 Å². The van der Waals surface area contributed by atoms with Crippen LogP contribution in [0.3, 0.4) is 0 Å². The van der Waals surface area contributed by atoms with Crippen LogP contribution >= 0.6 is 11.3 Å². The molecule has 0 saturated carbocycles. The van der Waals surface area contributed by atoms with Crippen molar-refractivity contribution in [2.24, 2.45) is 5.73 Å². The molecule has 4 nitrogen and oxygen atoms in total. The van der Waals surface area contributed by atoms with Crippen LogP contribution in [0.1, 0.15) is 45.9 Å². The first-order valence-corrected chi connectivity index (χ1v) is 7.58. The van der Waals surface area contributed by atoms with Crippen LogP contribution < -0.4 is 5.73 Å². The molecule has 0 radical (unpaired) electrons. The van der Waals surface area contributed by atoms with E-state index in [2.05, 4.69) is 0 Å². The van der Waals surface area contributed by atoms with Crippen LogP contribution in [0.25, 0.3) is 11.1 Å². The van der Waals surface area contributed by atoms with Crippen LogP contribution in [-0.2, 0) is 6.42 Å². The van der Waals surface area contributed by atoms with Gasteiger partial charge in [0.1, 0.15) is 10.6 Å². The van der Waals surface area contributed by atoms with Gasteiger partial charge < -0.3 is 10.8 Å². The summed E-state index contributed by atoms with van der Waals surface area (Å²) in [7, 11) is 0. The van der Waals surface area contributed by atoms with E-state index in [4.69, 9.17) is 5.73 Å². The maximum absolute atomic E-state index is 11.8. The standard InChI is InChI=1S/C16H17NO3S/c1-3-5-10-11(6-4-7-13(10)19)14-12(9(2)18)8-21-15(14)16(17)20/h4,6-8,19H,3,5H2,1-2H3,(H2,17,20). The van der Waals surface area contributed by atoms with Crippen LogP contribution in [0.15, 0.2) is 23.6 Å². The van der Waals surface area contributed by atoms with Gasteiger partial charge in [0.2, 0.25) is 0 Å². The van der Waals surface area contributed by atoms with Gasteiger partial charge in [0, 0.05) is 22.1 Å². The summed E-state index contributed by atoms with van der Waals surface area (Å²) in [6.07, 6.45) is 1.50. The lowest BCUT2D eigenvalue weighted by atomic mass is 9.92. The average molecular weight is 303 g/mol. The normalized spacial score (nSPS) is 10.6. The molecule has 5 heteroatoms. The van der Waals surface area contributed by atoms with Gasteiger partial charge in [-0.1, -0.05) is 25.5 Å². The summed E-state index contributed by atoms with van der Waals surface area (Å²) in [6.45, 7) is 3.46. The molecule has 0 spiro atoms. The Labute approximate surface area is 127 Å². The van der Waals surface area contributed by atoms with Gasteiger partial charge in [0.05, 0.1) is 0 Å². The second-order valence-electron chi connectivity index (χ2n) is 4.83. The van der Waals surface area contributed by atoms with E-state index < -0.39 is 5.91 Å². The van der Waals surface area contributed by atoms with Crippen molar-refractivity contribution in [1.82, 2.24) is 0 Å². The Kier molecular flexibility index (Phi) is 4.43. The molecule has 0 aliphatic rings. The molecule has 0 unspecified atom stereocenters. The van der Waals surface area contributed by atoms with E-state index in [0.717, 1.165) is 23.3 Å². The Morgan fingerprint density at radius 3 is 2.62 bits per heavy atom. The summed E-state index contributed by atoms with van der Waals surface area (Å²) in [5.74, 6) is -0.515. The number of Topliss-reactive ketones (excluding diaryl/α,β-unsaturated/α-hetero) is 1. The second kappa shape index (κ2) is 6.10. The van der Waals surface area contributed by atoms with Gasteiger partial charge in [0.25, 0.3) is 5.91 Å². The second-order valence-corrected chi connectivity index (χ2v) is 5.71. The first-order valence-electron chi connectivity index (χ1n) is 6.70. The summed E-state index contributed by atoms with van der Waals surface area (Å²) < 4.78 is 0. The predicted molar refractivity (Wildman–Crippen MR) is 83.9 cm³/mol. The van der Waals surface area contributed by atoms with Gasteiger partial charge in [-0.2, -0.15) is 0 Å². The van der Waals surface area contributed by atoms with Crippen LogP contribution in [0.4, 0.5) is 0 Å². The number of ketones is 1. The highest BCUT2D eigenvalue weighted by Gasteiger charge is 2.22. The number of primary amides is 1. The largest absolute Gasteiger partial charge is 0.508 e. The molecule has 1 amide bonds. The third-order valence-electron chi connectivity index (χ3n) is 3.31. The quantitative estimate of drug-likeness (QED) is 0.831. The summed E-state index contributed by atoms with van der Waals surface area (Å²) >= 11 is 1.16. The lowest BCUT2D eigenvalue weighted by molar-refractivity contribution is 0.100. The fourth-order valence-corrected chi connectivity index (χ4v) is 3.36. The highest BCUT2D eigenvalue weighted by Crippen LogP contribution is 2.38. The molecule has 0 saturated heterocycles. The van der Waals surface area contributed by atoms with E-state index in [0.29, 0.717) is 28.0 Å². The van der Waals surface area contributed by atoms with Crippen molar-refractivity contribution in [3.63, 3.8) is 0 Å². The molecule has 2 aromatic rings. The van der Waals surface area contributed by atoms with Crippen LogP contribution in [0.2, 0.25) is 0 Å². The minimum atomic E-state index is -0.562. The number of nitrogens with two attached hydrogens (primary N) is 1. The monoisotopic (exact) mass is 303 g/mol. The number of phenolic OH excluding ortho intramolecular Hbond substituents is 1. The molecule has 0 bridgehead atoms. The fourth-order valence-electron chi connectivity index (χ4n) is 2.39. The van der Waals surface area contributed by atoms with Crippen molar-refractivity contribution in [1.29, 1.82) is 0 Å². The lowest BCUT2D eigenvalue weighted by Crippen LogP contribution is -2.11. The van der Waals surface area contributed by atoms with Crippen molar-refractivity contribution in [3.8, 4) is 16.9 Å². The van der Waals surface area contributed by atoms with Crippen molar-refractivity contribution < 1.29 is 14.7 Å². The maximum Gasteiger partial charge on any atom is 0.259 e. The Hall–Kier alpha value is -2.14. The van der Waals surface area contributed by atoms with E-state index >= 15 is 0 Å². The molecule has 0 fully saturated rings. The maximum atomic E-state index is 11.8. The molecule has 1 heterocycles. The molecule has 0 atom stereocenters. The highest BCUT2D eigenvalue weighted by molar-refractivity contribution is 7.13. The fraction of sp³-hybridized carbons (Fsp3) is 0.250. The third kappa shape index (κ3) is 2.83. The SMILES string of the molecule is CCCc1c(O)cccc1-c1c(C(C)=O)csc1C(N)=O. The van der Waals surface area contributed by atoms with E-state index in [9.17, 15) is 14.7 Å². The number of aromatic hydroxyl groups is 1. The summed E-state index contributed by atoms with van der Waals surface area (Å²) in [5, 5.41) is 11.7. The molecule has 110 valence electrons. The van der Waals surface area contributed by atoms with Crippen LogP contribution in [-0.4, -0.2) is 16.8 Å². The Balaban J connectivity index is 2.77. The number of rotatable bonds is 5. The molecule has 1 aromatic carbocycles. The van der Waals surface area contributed by atoms with Crippen molar-refractivity contribution in [3.05, 3.63) is 39.6 Å². The number of thiophene rings is 1. The average Bonchev–Trinajstić information content (AvgIpc) is 2.86. The van der Waals surface area contributed by atoms with Crippen molar-refractivity contribution in [2.45, 2.75) is 26.7 Å². The van der Waals surface area contributed by atoms with Gasteiger partial charge in [-0.05, 0) is 25.0 Å². The summed E-state index contributed by atoms with van der Waals surface area (Å²) in [4.78, 5) is 23.8. The van der Waals surface area contributed by atoms with E-state index in [1.54, 1.807) is 17.5 Å². The lowest BCUT2D eigenvalue weighted by Gasteiger charge is -2.12. The van der Waals surface area contributed by atoms with Gasteiger partial charge in [-0.3, -0.25) is 9.59 Å². The molecule has 3 N–H and O–H groups in total. The molecule has 0 aliphatic carbocycles. The molecule has 2 rings (SSSR count). The van der Waals surface area contributed by atoms with E-state index in [1.807, 2.05) is 13.0 Å². The molecule has 21 heavy (non-hydrogen) atoms. The third-order valence-corrected chi connectivity index (χ3v) is 4.31. The van der Waals surface area contributed by atoms with Gasteiger partial charge in [-0.25, -0.2) is 0 Å². The zero-order valence-corrected chi connectivity index (χ0v) is 12.8. The molecule has 0 aliphatic heterocycles. The van der Waals surface area contributed by atoms with Gasteiger partial charge in [-0.15, -0.1) is 11.3 Å². The van der Waals surface area contributed by atoms with E-state index in [1.165, 1.54) is 6.92 Å². The minimum absolute atomic E-state index is 0.125. The van der Waals surface area contributed by atoms with E-state index in [-0.39, 0.29) is 11.5 Å². The Bertz CT molecular complexity index is 672. The number of carbonyl (C=O) groups is 2. The number of carbonyl (C=O) groups excluding carboxylic acids is 2. The van der Waals surface area contributed by atoms with Crippen molar-refractivity contribution in [2.75, 3.05) is 0 Å². The number of benzene rings is 1. The number of amides is 1. The summed E-state index contributed by atoms with van der Waals surface area (Å²) in [6, 6.07) is 5.13.